The Kier molecular flexibility index (Phi) is 7.36. The van der Waals surface area contributed by atoms with Crippen molar-refractivity contribution in [3.63, 3.8) is 0 Å². The number of fused-ring (bicyclic) bond motifs is 4. The normalized spacial score (nSPS) is 11.4. The molecule has 0 atom stereocenters. The molecule has 0 saturated carbocycles. The van der Waals surface area contributed by atoms with E-state index in [9.17, 15) is 0 Å². The summed E-state index contributed by atoms with van der Waals surface area (Å²) < 4.78 is 4.48. The van der Waals surface area contributed by atoms with Gasteiger partial charge in [-0.2, -0.15) is 0 Å². The van der Waals surface area contributed by atoms with Gasteiger partial charge in [-0.05, 0) is 84.9 Å². The van der Waals surface area contributed by atoms with Crippen molar-refractivity contribution in [2.75, 3.05) is 4.90 Å². The molecule has 7 aromatic carbocycles. The highest BCUT2D eigenvalue weighted by molar-refractivity contribution is 6.09. The molecule has 0 radical (unpaired) electrons. The highest BCUT2D eigenvalue weighted by Crippen LogP contribution is 2.38. The first kappa shape index (κ1) is 30.5. The average molecular weight is 681 g/mol. The molecule has 0 aliphatic carbocycles. The third kappa shape index (κ3) is 5.24. The fraction of sp³-hybridized carbons (Fsp3) is 0. The summed E-state index contributed by atoms with van der Waals surface area (Å²) in [4.78, 5) is 7.06. The van der Waals surface area contributed by atoms with E-state index in [4.69, 9.17) is 15.2 Å². The fourth-order valence-corrected chi connectivity index (χ4v) is 7.48. The van der Waals surface area contributed by atoms with Crippen LogP contribution in [0.4, 0.5) is 17.1 Å². The van der Waals surface area contributed by atoms with Gasteiger partial charge in [-0.1, -0.05) is 103 Å². The molecule has 0 saturated heterocycles. The molecule has 6 nitrogen and oxygen atoms in total. The maximum atomic E-state index is 4.78. The number of hydrogen-bond acceptors (Lipinski definition) is 4. The average Bonchev–Trinajstić information content (AvgIpc) is 3.82. The zero-order valence-corrected chi connectivity index (χ0v) is 28.7. The van der Waals surface area contributed by atoms with Gasteiger partial charge in [0.1, 0.15) is 0 Å². The van der Waals surface area contributed by atoms with E-state index in [1.54, 1.807) is 0 Å². The number of hydrogen-bond donors (Lipinski definition) is 0. The lowest BCUT2D eigenvalue weighted by Gasteiger charge is -2.26. The third-order valence-corrected chi connectivity index (χ3v) is 9.89. The van der Waals surface area contributed by atoms with E-state index in [1.807, 2.05) is 30.5 Å². The van der Waals surface area contributed by atoms with Gasteiger partial charge < -0.3 is 9.47 Å². The summed E-state index contributed by atoms with van der Waals surface area (Å²) >= 11 is 0. The Morgan fingerprint density at radius 2 is 0.925 bits per heavy atom. The van der Waals surface area contributed by atoms with Crippen LogP contribution in [0.5, 0.6) is 0 Å². The summed E-state index contributed by atoms with van der Waals surface area (Å²) in [5.74, 6) is 1.51. The fourth-order valence-electron chi connectivity index (χ4n) is 7.48. The molecule has 250 valence electrons. The van der Waals surface area contributed by atoms with E-state index in [0.717, 1.165) is 62.1 Å². The third-order valence-electron chi connectivity index (χ3n) is 9.89. The molecule has 0 amide bonds. The van der Waals surface area contributed by atoms with Crippen LogP contribution in [0.3, 0.4) is 0 Å². The first-order valence-corrected chi connectivity index (χ1v) is 17.7. The van der Waals surface area contributed by atoms with Crippen molar-refractivity contribution in [2.45, 2.75) is 0 Å². The summed E-state index contributed by atoms with van der Waals surface area (Å²) in [7, 11) is 0. The van der Waals surface area contributed by atoms with Gasteiger partial charge in [-0.15, -0.1) is 10.2 Å². The lowest BCUT2D eigenvalue weighted by Crippen LogP contribution is -2.10. The Morgan fingerprint density at radius 3 is 1.58 bits per heavy atom. The van der Waals surface area contributed by atoms with Gasteiger partial charge >= 0.3 is 0 Å². The topological polar surface area (TPSA) is 51.8 Å². The lowest BCUT2D eigenvalue weighted by atomic mass is 10.1. The molecule has 0 spiro atoms. The second-order valence-electron chi connectivity index (χ2n) is 13.0. The second-order valence-corrected chi connectivity index (χ2v) is 13.0. The van der Waals surface area contributed by atoms with Gasteiger partial charge in [0.15, 0.2) is 11.6 Å². The molecule has 0 aliphatic rings. The Balaban J connectivity index is 1.07. The zero-order chi connectivity index (χ0) is 35.1. The highest BCUT2D eigenvalue weighted by Gasteiger charge is 2.21. The Hall–Kier alpha value is -7.31. The van der Waals surface area contributed by atoms with Crippen LogP contribution in [0.25, 0.3) is 66.9 Å². The highest BCUT2D eigenvalue weighted by atomic mass is 15.3. The van der Waals surface area contributed by atoms with Crippen LogP contribution >= 0.6 is 0 Å². The number of benzene rings is 7. The van der Waals surface area contributed by atoms with Crippen LogP contribution in [-0.2, 0) is 0 Å². The number of para-hydroxylation sites is 4. The number of pyridine rings is 1. The van der Waals surface area contributed by atoms with Gasteiger partial charge in [-0.25, -0.2) is 0 Å². The minimum atomic E-state index is 0.746. The van der Waals surface area contributed by atoms with Gasteiger partial charge in [-0.3, -0.25) is 9.55 Å². The lowest BCUT2D eigenvalue weighted by molar-refractivity contribution is 1.08. The van der Waals surface area contributed by atoms with E-state index < -0.39 is 0 Å². The van der Waals surface area contributed by atoms with Gasteiger partial charge in [0.05, 0.1) is 22.2 Å². The minimum Gasteiger partial charge on any atom is -0.311 e. The first-order chi connectivity index (χ1) is 26.3. The van der Waals surface area contributed by atoms with Gasteiger partial charge in [0.25, 0.3) is 0 Å². The molecule has 3 aromatic heterocycles. The maximum absolute atomic E-state index is 4.78. The molecule has 0 bridgehead atoms. The van der Waals surface area contributed by atoms with Crippen LogP contribution in [0.2, 0.25) is 0 Å². The van der Waals surface area contributed by atoms with Crippen LogP contribution < -0.4 is 4.90 Å². The molecular weight excluding hydrogens is 649 g/mol. The molecule has 0 fully saturated rings. The maximum Gasteiger partial charge on any atom is 0.168 e. The quantitative estimate of drug-likeness (QED) is 0.168. The van der Waals surface area contributed by atoms with Crippen molar-refractivity contribution < 1.29 is 0 Å². The van der Waals surface area contributed by atoms with E-state index >= 15 is 0 Å². The summed E-state index contributed by atoms with van der Waals surface area (Å²) in [5.41, 5.74) is 10.4. The summed E-state index contributed by atoms with van der Waals surface area (Å²) in [6, 6.07) is 65.6. The molecule has 0 unspecified atom stereocenters. The predicted octanol–water partition coefficient (Wildman–Crippen LogP) is 11.7. The largest absolute Gasteiger partial charge is 0.311 e. The van der Waals surface area contributed by atoms with Gasteiger partial charge in [0.2, 0.25) is 0 Å². The molecule has 3 heterocycles. The zero-order valence-electron chi connectivity index (χ0n) is 28.7. The Morgan fingerprint density at radius 1 is 0.396 bits per heavy atom. The number of nitrogens with zero attached hydrogens (tertiary/aromatic N) is 6. The molecule has 6 heteroatoms. The predicted molar refractivity (Wildman–Crippen MR) is 217 cm³/mol. The second kappa shape index (κ2) is 12.8. The van der Waals surface area contributed by atoms with Gasteiger partial charge in [0, 0.05) is 56.2 Å². The smallest absolute Gasteiger partial charge is 0.168 e. The minimum absolute atomic E-state index is 0.746. The van der Waals surface area contributed by atoms with E-state index in [0.29, 0.717) is 0 Å². The number of anilines is 3. The molecular formula is C47H32N6. The number of rotatable bonds is 7. The molecule has 10 rings (SSSR count). The molecule has 0 N–H and O–H groups in total. The Labute approximate surface area is 306 Å². The SMILES string of the molecule is c1ccc(-c2nnc(-c3ccc(N(c4ccccc4)c4ccc(-n5c6ccccc6c6ccccc65)cc4)cc3)n2-c2cccc3cccnc23)cc1. The van der Waals surface area contributed by atoms with Crippen LogP contribution in [0, 0.1) is 0 Å². The van der Waals surface area contributed by atoms with Crippen molar-refractivity contribution in [2.24, 2.45) is 0 Å². The van der Waals surface area contributed by atoms with Crippen molar-refractivity contribution in [1.29, 1.82) is 0 Å². The molecule has 0 aliphatic heterocycles. The monoisotopic (exact) mass is 680 g/mol. The van der Waals surface area contributed by atoms with Crippen LogP contribution in [0.15, 0.2) is 194 Å². The summed E-state index contributed by atoms with van der Waals surface area (Å²) in [6.07, 6.45) is 1.83. The van der Waals surface area contributed by atoms with Crippen molar-refractivity contribution in [1.82, 2.24) is 24.3 Å². The van der Waals surface area contributed by atoms with Crippen LogP contribution in [-0.4, -0.2) is 24.3 Å². The van der Waals surface area contributed by atoms with Crippen molar-refractivity contribution in [3.05, 3.63) is 194 Å². The first-order valence-electron chi connectivity index (χ1n) is 17.7. The summed E-state index contributed by atoms with van der Waals surface area (Å²) in [6.45, 7) is 0. The van der Waals surface area contributed by atoms with E-state index in [-0.39, 0.29) is 0 Å². The summed E-state index contributed by atoms with van der Waals surface area (Å²) in [5, 5.41) is 13.1. The molecule has 53 heavy (non-hydrogen) atoms. The van der Waals surface area contributed by atoms with Crippen molar-refractivity contribution in [3.8, 4) is 34.2 Å². The van der Waals surface area contributed by atoms with Crippen LogP contribution in [0.1, 0.15) is 0 Å². The van der Waals surface area contributed by atoms with E-state index in [2.05, 4.69) is 178 Å². The Bertz CT molecular complexity index is 2820. The standard InChI is InChI=1S/C47H32N6/c1-3-13-34(14-4-1)46-49-50-47(53(46)44-23-11-15-33-16-12-32-48-45(33)44)35-24-26-37(27-25-35)51(36-17-5-2-6-18-36)38-28-30-39(31-29-38)52-42-21-9-7-19-40(42)41-20-8-10-22-43(41)52/h1-32H. The van der Waals surface area contributed by atoms with Crippen molar-refractivity contribution >= 4 is 49.8 Å². The molecule has 10 aromatic rings. The number of aromatic nitrogens is 5. The van der Waals surface area contributed by atoms with E-state index in [1.165, 1.54) is 21.8 Å².